The van der Waals surface area contributed by atoms with E-state index in [2.05, 4.69) is 15.3 Å². The van der Waals surface area contributed by atoms with Gasteiger partial charge in [0, 0.05) is 30.0 Å². The number of hydrogen-bond acceptors (Lipinski definition) is 5. The van der Waals surface area contributed by atoms with Crippen LogP contribution in [0.3, 0.4) is 0 Å². The van der Waals surface area contributed by atoms with E-state index >= 15 is 0 Å². The summed E-state index contributed by atoms with van der Waals surface area (Å²) < 4.78 is 7.80. The third-order valence-electron chi connectivity index (χ3n) is 4.54. The first-order chi connectivity index (χ1) is 11.1. The van der Waals surface area contributed by atoms with Crippen LogP contribution >= 0.6 is 0 Å². The summed E-state index contributed by atoms with van der Waals surface area (Å²) in [5.74, 6) is 0.0456. The molecule has 0 N–H and O–H groups in total. The first kappa shape index (κ1) is 14.3. The molecule has 0 aromatic carbocycles. The van der Waals surface area contributed by atoms with Crippen LogP contribution in [0.2, 0.25) is 0 Å². The molecular formula is C16H19N5O2. The molecule has 7 heteroatoms. The molecule has 0 bridgehead atoms. The number of pyridine rings is 1. The maximum Gasteiger partial charge on any atom is 0.254 e. The van der Waals surface area contributed by atoms with E-state index < -0.39 is 0 Å². The van der Waals surface area contributed by atoms with Gasteiger partial charge in [0.05, 0.1) is 30.6 Å². The Morgan fingerprint density at radius 2 is 2.09 bits per heavy atom. The highest BCUT2D eigenvalue weighted by Gasteiger charge is 2.38. The summed E-state index contributed by atoms with van der Waals surface area (Å²) in [7, 11) is 0. The van der Waals surface area contributed by atoms with Gasteiger partial charge in [-0.05, 0) is 32.4 Å². The predicted octanol–water partition coefficient (Wildman–Crippen LogP) is 1.28. The predicted molar refractivity (Wildman–Crippen MR) is 81.9 cm³/mol. The van der Waals surface area contributed by atoms with Gasteiger partial charge in [-0.3, -0.25) is 9.78 Å². The fraction of sp³-hybridized carbons (Fsp3) is 0.500. The van der Waals surface area contributed by atoms with Crippen LogP contribution in [-0.4, -0.2) is 50.0 Å². The number of carbonyl (C=O) groups is 1. The van der Waals surface area contributed by atoms with Crippen LogP contribution in [0.5, 0.6) is 0 Å². The normalized spacial score (nSPS) is 23.3. The van der Waals surface area contributed by atoms with Gasteiger partial charge in [0.2, 0.25) is 0 Å². The fourth-order valence-electron chi connectivity index (χ4n) is 3.50. The van der Waals surface area contributed by atoms with Crippen molar-refractivity contribution in [2.24, 2.45) is 0 Å². The van der Waals surface area contributed by atoms with Crippen molar-refractivity contribution >= 4 is 5.91 Å². The molecule has 4 heterocycles. The molecule has 2 aliphatic rings. The number of piperidine rings is 1. The van der Waals surface area contributed by atoms with Crippen LogP contribution in [0.25, 0.3) is 0 Å². The summed E-state index contributed by atoms with van der Waals surface area (Å²) in [4.78, 5) is 19.1. The smallest absolute Gasteiger partial charge is 0.254 e. The fourth-order valence-corrected chi connectivity index (χ4v) is 3.50. The lowest BCUT2D eigenvalue weighted by Gasteiger charge is -2.41. The molecule has 120 valence electrons. The molecule has 4 rings (SSSR count). The second-order valence-electron chi connectivity index (χ2n) is 6.27. The molecular weight excluding hydrogens is 294 g/mol. The van der Waals surface area contributed by atoms with E-state index in [0.717, 1.165) is 23.5 Å². The highest BCUT2D eigenvalue weighted by molar-refractivity contribution is 5.94. The Labute approximate surface area is 134 Å². The Balaban J connectivity index is 1.59. The number of likely N-dealkylation sites (tertiary alicyclic amines) is 1. The maximum absolute atomic E-state index is 12.8. The highest BCUT2D eigenvalue weighted by Crippen LogP contribution is 2.30. The summed E-state index contributed by atoms with van der Waals surface area (Å²) in [6.45, 7) is 5.66. The third-order valence-corrected chi connectivity index (χ3v) is 4.54. The van der Waals surface area contributed by atoms with Gasteiger partial charge < -0.3 is 9.64 Å². The minimum absolute atomic E-state index is 0.0444. The molecule has 2 aromatic heterocycles. The van der Waals surface area contributed by atoms with Crippen LogP contribution in [0.15, 0.2) is 18.3 Å². The number of fused-ring (bicyclic) bond motifs is 3. The first-order valence-corrected chi connectivity index (χ1v) is 7.87. The number of carbonyl (C=O) groups excluding carboxylic acids is 1. The third kappa shape index (κ3) is 2.50. The van der Waals surface area contributed by atoms with Crippen LogP contribution in [0.4, 0.5) is 0 Å². The summed E-state index contributed by atoms with van der Waals surface area (Å²) in [5, 5.41) is 8.14. The molecule has 2 aromatic rings. The van der Waals surface area contributed by atoms with Crippen LogP contribution < -0.4 is 0 Å². The zero-order valence-corrected chi connectivity index (χ0v) is 13.3. The Hall–Kier alpha value is -2.28. The minimum Gasteiger partial charge on any atom is -0.370 e. The topological polar surface area (TPSA) is 73.1 Å². The Morgan fingerprint density at radius 1 is 1.30 bits per heavy atom. The number of ether oxygens (including phenoxy) is 1. The summed E-state index contributed by atoms with van der Waals surface area (Å²) in [5.41, 5.74) is 3.39. The number of aryl methyl sites for hydroxylation is 2. The van der Waals surface area contributed by atoms with Gasteiger partial charge in [-0.1, -0.05) is 5.21 Å². The van der Waals surface area contributed by atoms with Crippen molar-refractivity contribution in [2.75, 3.05) is 13.1 Å². The van der Waals surface area contributed by atoms with Crippen molar-refractivity contribution in [1.29, 1.82) is 0 Å². The zero-order valence-electron chi connectivity index (χ0n) is 13.3. The van der Waals surface area contributed by atoms with Gasteiger partial charge in [0.25, 0.3) is 5.91 Å². The average molecular weight is 313 g/mol. The van der Waals surface area contributed by atoms with E-state index in [1.807, 2.05) is 35.6 Å². The number of amides is 1. The Morgan fingerprint density at radius 3 is 2.87 bits per heavy atom. The van der Waals surface area contributed by atoms with Crippen LogP contribution in [0, 0.1) is 13.8 Å². The van der Waals surface area contributed by atoms with Gasteiger partial charge in [-0.2, -0.15) is 0 Å². The van der Waals surface area contributed by atoms with Gasteiger partial charge in [0.1, 0.15) is 0 Å². The van der Waals surface area contributed by atoms with E-state index in [0.29, 0.717) is 25.3 Å². The van der Waals surface area contributed by atoms with Crippen molar-refractivity contribution in [3.63, 3.8) is 0 Å². The number of aromatic nitrogens is 4. The largest absolute Gasteiger partial charge is 0.370 e. The molecule has 2 atom stereocenters. The van der Waals surface area contributed by atoms with Gasteiger partial charge >= 0.3 is 0 Å². The lowest BCUT2D eigenvalue weighted by Crippen LogP contribution is -2.49. The van der Waals surface area contributed by atoms with E-state index in [-0.39, 0.29) is 18.1 Å². The monoisotopic (exact) mass is 313 g/mol. The lowest BCUT2D eigenvalue weighted by atomic mass is 9.99. The molecule has 0 saturated carbocycles. The molecule has 23 heavy (non-hydrogen) atoms. The molecule has 0 radical (unpaired) electrons. The molecule has 0 unspecified atom stereocenters. The lowest BCUT2D eigenvalue weighted by molar-refractivity contribution is -0.0605. The Bertz CT molecular complexity index is 736. The minimum atomic E-state index is 0.0444. The van der Waals surface area contributed by atoms with Gasteiger partial charge in [-0.25, -0.2) is 4.68 Å². The number of nitrogens with zero attached hydrogens (tertiary/aromatic N) is 5. The standard InChI is InChI=1S/C16H19N5O2/c1-10-5-12(6-11(2)18-10)16(22)20-4-3-15-14(8-20)21-13(9-23-15)7-17-19-21/h5-7,14-15H,3-4,8-9H2,1-2H3/t14-,15+/m0/s1. The van der Waals surface area contributed by atoms with E-state index in [1.165, 1.54) is 0 Å². The quantitative estimate of drug-likeness (QED) is 0.793. The summed E-state index contributed by atoms with van der Waals surface area (Å²) >= 11 is 0. The van der Waals surface area contributed by atoms with Crippen molar-refractivity contribution in [1.82, 2.24) is 24.9 Å². The molecule has 0 spiro atoms. The first-order valence-electron chi connectivity index (χ1n) is 7.87. The molecule has 1 saturated heterocycles. The second kappa shape index (κ2) is 5.42. The SMILES string of the molecule is Cc1cc(C(=O)N2CC[C@H]3OCc4cnnn4[C@H]3C2)cc(C)n1. The maximum atomic E-state index is 12.8. The van der Waals surface area contributed by atoms with Gasteiger partial charge in [0.15, 0.2) is 0 Å². The van der Waals surface area contributed by atoms with Crippen LogP contribution in [-0.2, 0) is 11.3 Å². The Kier molecular flexibility index (Phi) is 3.37. The van der Waals surface area contributed by atoms with Crippen molar-refractivity contribution in [3.05, 3.63) is 41.0 Å². The summed E-state index contributed by atoms with van der Waals surface area (Å²) in [6.07, 6.45) is 2.65. The van der Waals surface area contributed by atoms with Crippen molar-refractivity contribution < 1.29 is 9.53 Å². The summed E-state index contributed by atoms with van der Waals surface area (Å²) in [6, 6.07) is 3.74. The van der Waals surface area contributed by atoms with Crippen LogP contribution in [0.1, 0.15) is 39.9 Å². The molecule has 1 fully saturated rings. The molecule has 1 amide bonds. The molecule has 2 aliphatic heterocycles. The van der Waals surface area contributed by atoms with Gasteiger partial charge in [-0.15, -0.1) is 5.10 Å². The highest BCUT2D eigenvalue weighted by atomic mass is 16.5. The molecule has 7 nitrogen and oxygen atoms in total. The zero-order chi connectivity index (χ0) is 16.0. The average Bonchev–Trinajstić information content (AvgIpc) is 3.01. The van der Waals surface area contributed by atoms with E-state index in [1.54, 1.807) is 6.20 Å². The van der Waals surface area contributed by atoms with Crippen molar-refractivity contribution in [3.8, 4) is 0 Å². The number of rotatable bonds is 1. The number of hydrogen-bond donors (Lipinski definition) is 0. The second-order valence-corrected chi connectivity index (χ2v) is 6.27. The van der Waals surface area contributed by atoms with E-state index in [4.69, 9.17) is 4.74 Å². The van der Waals surface area contributed by atoms with E-state index in [9.17, 15) is 4.79 Å². The molecule has 0 aliphatic carbocycles. The van der Waals surface area contributed by atoms with Crippen molar-refractivity contribution in [2.45, 2.75) is 39.0 Å².